The van der Waals surface area contributed by atoms with Crippen molar-refractivity contribution >= 4 is 23.4 Å². The van der Waals surface area contributed by atoms with Crippen LogP contribution in [0.15, 0.2) is 60.3 Å². The van der Waals surface area contributed by atoms with Gasteiger partial charge >= 0.3 is 0 Å². The third kappa shape index (κ3) is 3.50. The summed E-state index contributed by atoms with van der Waals surface area (Å²) in [7, 11) is 0. The Hall–Kier alpha value is -2.67. The summed E-state index contributed by atoms with van der Waals surface area (Å²) >= 11 is 1.50. The number of benzene rings is 1. The molecule has 0 aliphatic carbocycles. The lowest BCUT2D eigenvalue weighted by Gasteiger charge is -2.09. The number of hydrogen-bond donors (Lipinski definition) is 2. The van der Waals surface area contributed by atoms with Crippen LogP contribution in [0.5, 0.6) is 0 Å². The van der Waals surface area contributed by atoms with E-state index in [2.05, 4.69) is 25.5 Å². The van der Waals surface area contributed by atoms with Gasteiger partial charge in [0.25, 0.3) is 5.91 Å². The van der Waals surface area contributed by atoms with Gasteiger partial charge in [0.15, 0.2) is 5.16 Å². The van der Waals surface area contributed by atoms with E-state index in [1.54, 1.807) is 24.5 Å². The Bertz CT molecular complexity index is 746. The van der Waals surface area contributed by atoms with Crippen molar-refractivity contribution in [3.05, 3.63) is 66.2 Å². The van der Waals surface area contributed by atoms with E-state index in [-0.39, 0.29) is 5.91 Å². The molecule has 2 aromatic heterocycles. The molecule has 7 heteroatoms. The summed E-state index contributed by atoms with van der Waals surface area (Å²) in [5, 5.41) is 10.2. The van der Waals surface area contributed by atoms with Gasteiger partial charge in [-0.2, -0.15) is 5.10 Å². The number of carbonyl (C=O) groups excluding carboxylic acids is 1. The van der Waals surface area contributed by atoms with E-state index in [1.807, 2.05) is 24.3 Å². The third-order valence-corrected chi connectivity index (χ3v) is 3.86. The van der Waals surface area contributed by atoms with Gasteiger partial charge in [-0.1, -0.05) is 30.0 Å². The summed E-state index contributed by atoms with van der Waals surface area (Å²) in [4.78, 5) is 20.5. The van der Waals surface area contributed by atoms with E-state index in [4.69, 9.17) is 0 Å². The number of carbonyl (C=O) groups is 1. The minimum absolute atomic E-state index is 0.151. The number of amides is 1. The number of anilines is 1. The Morgan fingerprint density at radius 1 is 1.23 bits per heavy atom. The molecule has 1 amide bonds. The van der Waals surface area contributed by atoms with Crippen LogP contribution in [0.25, 0.3) is 0 Å². The molecule has 6 nitrogen and oxygen atoms in total. The molecule has 0 atom stereocenters. The Balaban J connectivity index is 1.74. The molecule has 0 bridgehead atoms. The highest BCUT2D eigenvalue weighted by Gasteiger charge is 2.12. The predicted molar refractivity (Wildman–Crippen MR) is 84.6 cm³/mol. The van der Waals surface area contributed by atoms with Crippen molar-refractivity contribution in [2.24, 2.45) is 0 Å². The van der Waals surface area contributed by atoms with E-state index in [1.165, 1.54) is 18.1 Å². The molecule has 2 heterocycles. The van der Waals surface area contributed by atoms with Crippen LogP contribution in [0.3, 0.4) is 0 Å². The van der Waals surface area contributed by atoms with Crippen LogP contribution in [0, 0.1) is 0 Å². The van der Waals surface area contributed by atoms with E-state index in [9.17, 15) is 4.79 Å². The Kier molecular flexibility index (Phi) is 4.45. The molecule has 22 heavy (non-hydrogen) atoms. The Labute approximate surface area is 131 Å². The van der Waals surface area contributed by atoms with Crippen molar-refractivity contribution in [3.8, 4) is 0 Å². The fourth-order valence-corrected chi connectivity index (χ4v) is 2.70. The van der Waals surface area contributed by atoms with Gasteiger partial charge in [0.1, 0.15) is 6.33 Å². The van der Waals surface area contributed by atoms with Gasteiger partial charge in [0.05, 0.1) is 11.9 Å². The largest absolute Gasteiger partial charge is 0.321 e. The molecular formula is C15H13N5OS. The van der Waals surface area contributed by atoms with Crippen molar-refractivity contribution < 1.29 is 4.79 Å². The monoisotopic (exact) mass is 311 g/mol. The standard InChI is InChI=1S/C15H13N5OS/c21-14(19-12-5-3-7-16-8-12)13-6-2-1-4-11(13)9-22-15-17-10-18-20-15/h1-8,10H,9H2,(H,19,21)(H,17,18,20). The molecule has 0 unspecified atom stereocenters. The van der Waals surface area contributed by atoms with Crippen LogP contribution in [-0.2, 0) is 5.75 Å². The minimum Gasteiger partial charge on any atom is -0.321 e. The maximum absolute atomic E-state index is 12.4. The predicted octanol–water partition coefficient (Wildman–Crippen LogP) is 2.74. The third-order valence-electron chi connectivity index (χ3n) is 2.94. The molecule has 0 fully saturated rings. The van der Waals surface area contributed by atoms with Crippen LogP contribution >= 0.6 is 11.8 Å². The van der Waals surface area contributed by atoms with Crippen molar-refractivity contribution in [3.63, 3.8) is 0 Å². The average Bonchev–Trinajstić information content (AvgIpc) is 3.07. The van der Waals surface area contributed by atoms with E-state index < -0.39 is 0 Å². The zero-order chi connectivity index (χ0) is 15.2. The molecule has 0 aliphatic rings. The summed E-state index contributed by atoms with van der Waals surface area (Å²) in [5.74, 6) is 0.480. The van der Waals surface area contributed by atoms with Crippen LogP contribution < -0.4 is 5.32 Å². The second-order valence-electron chi connectivity index (χ2n) is 4.43. The van der Waals surface area contributed by atoms with Crippen molar-refractivity contribution in [1.82, 2.24) is 20.2 Å². The molecule has 0 radical (unpaired) electrons. The van der Waals surface area contributed by atoms with Gasteiger partial charge < -0.3 is 5.32 Å². The molecule has 0 saturated carbocycles. The van der Waals surface area contributed by atoms with Crippen molar-refractivity contribution in [1.29, 1.82) is 0 Å². The highest BCUT2D eigenvalue weighted by Crippen LogP contribution is 2.21. The summed E-state index contributed by atoms with van der Waals surface area (Å²) in [6, 6.07) is 11.1. The van der Waals surface area contributed by atoms with Gasteiger partial charge in [-0.15, -0.1) is 0 Å². The lowest BCUT2D eigenvalue weighted by Crippen LogP contribution is -2.14. The molecule has 0 saturated heterocycles. The number of thioether (sulfide) groups is 1. The number of pyridine rings is 1. The number of nitrogens with one attached hydrogen (secondary N) is 2. The molecular weight excluding hydrogens is 298 g/mol. The first-order valence-electron chi connectivity index (χ1n) is 6.60. The first-order chi connectivity index (χ1) is 10.8. The molecule has 0 spiro atoms. The van der Waals surface area contributed by atoms with E-state index in [0.29, 0.717) is 17.0 Å². The summed E-state index contributed by atoms with van der Waals surface area (Å²) in [5.41, 5.74) is 2.24. The topological polar surface area (TPSA) is 83.6 Å². The summed E-state index contributed by atoms with van der Waals surface area (Å²) < 4.78 is 0. The number of aromatic nitrogens is 4. The Morgan fingerprint density at radius 2 is 2.14 bits per heavy atom. The first kappa shape index (κ1) is 14.3. The zero-order valence-electron chi connectivity index (χ0n) is 11.6. The normalized spacial score (nSPS) is 10.4. The fourth-order valence-electron chi connectivity index (χ4n) is 1.91. The number of H-pyrrole nitrogens is 1. The van der Waals surface area contributed by atoms with Crippen LogP contribution in [0.1, 0.15) is 15.9 Å². The van der Waals surface area contributed by atoms with Crippen molar-refractivity contribution in [2.75, 3.05) is 5.32 Å². The molecule has 3 rings (SSSR count). The van der Waals surface area contributed by atoms with E-state index in [0.717, 1.165) is 10.7 Å². The molecule has 2 N–H and O–H groups in total. The highest BCUT2D eigenvalue weighted by atomic mass is 32.2. The van der Waals surface area contributed by atoms with Crippen molar-refractivity contribution in [2.45, 2.75) is 10.9 Å². The quantitative estimate of drug-likeness (QED) is 0.708. The lowest BCUT2D eigenvalue weighted by atomic mass is 10.1. The average molecular weight is 311 g/mol. The SMILES string of the molecule is O=C(Nc1cccnc1)c1ccccc1CSc1ncn[nH]1. The minimum atomic E-state index is -0.151. The second-order valence-corrected chi connectivity index (χ2v) is 5.40. The summed E-state index contributed by atoms with van der Waals surface area (Å²) in [6.07, 6.45) is 4.74. The number of nitrogens with zero attached hydrogens (tertiary/aromatic N) is 3. The fraction of sp³-hybridized carbons (Fsp3) is 0.0667. The molecule has 110 valence electrons. The van der Waals surface area contributed by atoms with Gasteiger partial charge in [0, 0.05) is 17.5 Å². The van der Waals surface area contributed by atoms with Crippen LogP contribution in [-0.4, -0.2) is 26.1 Å². The maximum atomic E-state index is 12.4. The van der Waals surface area contributed by atoms with Gasteiger partial charge in [-0.3, -0.25) is 14.9 Å². The van der Waals surface area contributed by atoms with Gasteiger partial charge in [-0.25, -0.2) is 4.98 Å². The number of rotatable bonds is 5. The smallest absolute Gasteiger partial charge is 0.256 e. The molecule has 3 aromatic rings. The van der Waals surface area contributed by atoms with Crippen LogP contribution in [0.2, 0.25) is 0 Å². The van der Waals surface area contributed by atoms with Crippen LogP contribution in [0.4, 0.5) is 5.69 Å². The zero-order valence-corrected chi connectivity index (χ0v) is 12.4. The summed E-state index contributed by atoms with van der Waals surface area (Å²) in [6.45, 7) is 0. The number of aromatic amines is 1. The van der Waals surface area contributed by atoms with Gasteiger partial charge in [0.2, 0.25) is 0 Å². The second kappa shape index (κ2) is 6.86. The molecule has 0 aliphatic heterocycles. The van der Waals surface area contributed by atoms with E-state index >= 15 is 0 Å². The Morgan fingerprint density at radius 3 is 2.91 bits per heavy atom. The maximum Gasteiger partial charge on any atom is 0.256 e. The highest BCUT2D eigenvalue weighted by molar-refractivity contribution is 7.98. The molecule has 1 aromatic carbocycles. The van der Waals surface area contributed by atoms with Gasteiger partial charge in [-0.05, 0) is 23.8 Å². The number of hydrogen-bond acceptors (Lipinski definition) is 5. The first-order valence-corrected chi connectivity index (χ1v) is 7.59. The lowest BCUT2D eigenvalue weighted by molar-refractivity contribution is 0.102.